The number of phenols is 1. The summed E-state index contributed by atoms with van der Waals surface area (Å²) in [6.07, 6.45) is 0.310. The van der Waals surface area contributed by atoms with E-state index in [1.54, 1.807) is 23.1 Å². The molecular weight excluding hydrogens is 240 g/mol. The van der Waals surface area contributed by atoms with E-state index >= 15 is 0 Å². The van der Waals surface area contributed by atoms with E-state index in [4.69, 9.17) is 5.73 Å². The lowest BCUT2D eigenvalue weighted by Crippen LogP contribution is -2.42. The zero-order chi connectivity index (χ0) is 14.6. The number of aromatic hydroxyl groups is 1. The number of carbonyl (C=O) groups excluding carboxylic acids is 1. The Morgan fingerprint density at radius 3 is 2.58 bits per heavy atom. The summed E-state index contributed by atoms with van der Waals surface area (Å²) in [4.78, 5) is 14.1. The minimum Gasteiger partial charge on any atom is -0.508 e. The van der Waals surface area contributed by atoms with Crippen molar-refractivity contribution in [2.24, 2.45) is 5.73 Å². The van der Waals surface area contributed by atoms with Gasteiger partial charge in [-0.05, 0) is 45.4 Å². The molecular formula is C15H24N2O2. The van der Waals surface area contributed by atoms with Crippen LogP contribution in [0.4, 0.5) is 0 Å². The first-order valence-corrected chi connectivity index (χ1v) is 6.62. The van der Waals surface area contributed by atoms with Crippen LogP contribution in [0.3, 0.4) is 0 Å². The fourth-order valence-corrected chi connectivity index (χ4v) is 2.12. The van der Waals surface area contributed by atoms with Gasteiger partial charge < -0.3 is 15.7 Å². The van der Waals surface area contributed by atoms with Gasteiger partial charge in [0.2, 0.25) is 5.91 Å². The normalized spacial score (nSPS) is 13.1. The van der Waals surface area contributed by atoms with Crippen LogP contribution in [0, 0.1) is 0 Å². The quantitative estimate of drug-likeness (QED) is 0.858. The summed E-state index contributed by atoms with van der Waals surface area (Å²) in [5.41, 5.74) is 6.31. The van der Waals surface area contributed by atoms with Gasteiger partial charge in [0, 0.05) is 18.5 Å². The van der Waals surface area contributed by atoms with Crippen molar-refractivity contribution in [3.63, 3.8) is 0 Å². The number of hydrogen-bond donors (Lipinski definition) is 2. The Bertz CT molecular complexity index is 438. The second-order valence-electron chi connectivity index (χ2n) is 5.62. The summed E-state index contributed by atoms with van der Waals surface area (Å²) < 4.78 is 0. The first-order chi connectivity index (χ1) is 8.74. The van der Waals surface area contributed by atoms with Gasteiger partial charge in [0.05, 0.1) is 6.04 Å². The minimum absolute atomic E-state index is 0.0332. The van der Waals surface area contributed by atoms with Gasteiger partial charge in [-0.2, -0.15) is 0 Å². The molecule has 3 N–H and O–H groups in total. The lowest BCUT2D eigenvalue weighted by Gasteiger charge is -2.31. The van der Waals surface area contributed by atoms with E-state index < -0.39 is 5.54 Å². The lowest BCUT2D eigenvalue weighted by molar-refractivity contribution is -0.134. The molecule has 0 aliphatic carbocycles. The van der Waals surface area contributed by atoms with Crippen molar-refractivity contribution in [1.82, 2.24) is 4.90 Å². The van der Waals surface area contributed by atoms with Crippen LogP contribution in [0.25, 0.3) is 0 Å². The van der Waals surface area contributed by atoms with Crippen LogP contribution in [-0.4, -0.2) is 28.0 Å². The van der Waals surface area contributed by atoms with Crippen molar-refractivity contribution < 1.29 is 9.90 Å². The van der Waals surface area contributed by atoms with Crippen molar-refractivity contribution in [1.29, 1.82) is 0 Å². The van der Waals surface area contributed by atoms with Crippen LogP contribution in [0.15, 0.2) is 24.3 Å². The van der Waals surface area contributed by atoms with Crippen molar-refractivity contribution in [2.75, 3.05) is 6.54 Å². The zero-order valence-electron chi connectivity index (χ0n) is 12.2. The second-order valence-corrected chi connectivity index (χ2v) is 5.62. The zero-order valence-corrected chi connectivity index (χ0v) is 12.2. The smallest absolute Gasteiger partial charge is 0.224 e. The highest BCUT2D eigenvalue weighted by atomic mass is 16.3. The van der Waals surface area contributed by atoms with E-state index in [1.165, 1.54) is 0 Å². The molecule has 1 atom stereocenters. The third kappa shape index (κ3) is 4.56. The summed E-state index contributed by atoms with van der Waals surface area (Å²) in [5, 5.41) is 9.52. The Kier molecular flexibility index (Phi) is 4.95. The summed E-state index contributed by atoms with van der Waals surface area (Å²) in [6.45, 7) is 8.21. The van der Waals surface area contributed by atoms with Crippen LogP contribution in [0.2, 0.25) is 0 Å². The molecule has 1 unspecified atom stereocenters. The number of phenolic OH excluding ortho intramolecular Hbond substituents is 1. The Morgan fingerprint density at radius 1 is 1.47 bits per heavy atom. The van der Waals surface area contributed by atoms with E-state index in [0.717, 1.165) is 5.56 Å². The first-order valence-electron chi connectivity index (χ1n) is 6.62. The number of hydrogen-bond acceptors (Lipinski definition) is 3. The molecule has 4 nitrogen and oxygen atoms in total. The van der Waals surface area contributed by atoms with E-state index in [-0.39, 0.29) is 17.7 Å². The predicted molar refractivity (Wildman–Crippen MR) is 76.8 cm³/mol. The van der Waals surface area contributed by atoms with Crippen molar-refractivity contribution in [3.8, 4) is 5.75 Å². The van der Waals surface area contributed by atoms with Crippen LogP contribution < -0.4 is 5.73 Å². The molecule has 0 bridgehead atoms. The van der Waals surface area contributed by atoms with Gasteiger partial charge >= 0.3 is 0 Å². The van der Waals surface area contributed by atoms with Crippen LogP contribution >= 0.6 is 0 Å². The number of carbonyl (C=O) groups is 1. The molecule has 0 spiro atoms. The number of benzene rings is 1. The molecule has 0 aromatic heterocycles. The largest absolute Gasteiger partial charge is 0.508 e. The molecule has 1 aromatic rings. The fourth-order valence-electron chi connectivity index (χ4n) is 2.12. The molecule has 0 radical (unpaired) electrons. The molecule has 0 aliphatic heterocycles. The number of rotatable bonds is 5. The molecule has 1 amide bonds. The maximum absolute atomic E-state index is 12.3. The topological polar surface area (TPSA) is 66.6 Å². The summed E-state index contributed by atoms with van der Waals surface area (Å²) in [7, 11) is 0. The van der Waals surface area contributed by atoms with Crippen LogP contribution in [0.5, 0.6) is 5.75 Å². The SMILES string of the molecule is CCN(C(=O)CC(C)(C)N)C(C)c1cccc(O)c1. The van der Waals surface area contributed by atoms with Gasteiger partial charge in [-0.15, -0.1) is 0 Å². The molecule has 0 aliphatic rings. The first kappa shape index (κ1) is 15.5. The maximum atomic E-state index is 12.3. The van der Waals surface area contributed by atoms with Gasteiger partial charge in [0.15, 0.2) is 0 Å². The number of nitrogens with zero attached hydrogens (tertiary/aromatic N) is 1. The predicted octanol–water partition coefficient (Wildman–Crippen LogP) is 2.43. The highest BCUT2D eigenvalue weighted by Crippen LogP contribution is 2.24. The minimum atomic E-state index is -0.511. The van der Waals surface area contributed by atoms with Gasteiger partial charge in [-0.3, -0.25) is 4.79 Å². The Balaban J connectivity index is 2.88. The van der Waals surface area contributed by atoms with Crippen molar-refractivity contribution in [3.05, 3.63) is 29.8 Å². The van der Waals surface area contributed by atoms with Gasteiger partial charge in [-0.1, -0.05) is 12.1 Å². The maximum Gasteiger partial charge on any atom is 0.224 e. The number of amides is 1. The van der Waals surface area contributed by atoms with Crippen molar-refractivity contribution >= 4 is 5.91 Å². The molecule has 0 heterocycles. The average Bonchev–Trinajstić information content (AvgIpc) is 2.27. The standard InChI is InChI=1S/C15H24N2O2/c1-5-17(14(19)10-15(3,4)16)11(2)12-7-6-8-13(18)9-12/h6-9,11,18H,5,10,16H2,1-4H3. The Labute approximate surface area is 115 Å². The summed E-state index contributed by atoms with van der Waals surface area (Å²) in [6, 6.07) is 6.93. The molecule has 19 heavy (non-hydrogen) atoms. The monoisotopic (exact) mass is 264 g/mol. The molecule has 1 aromatic carbocycles. The summed E-state index contributed by atoms with van der Waals surface area (Å²) >= 11 is 0. The van der Waals surface area contributed by atoms with E-state index in [1.807, 2.05) is 33.8 Å². The molecule has 1 rings (SSSR count). The summed E-state index contributed by atoms with van der Waals surface area (Å²) in [5.74, 6) is 0.248. The van der Waals surface area contributed by atoms with Gasteiger partial charge in [-0.25, -0.2) is 0 Å². The van der Waals surface area contributed by atoms with Crippen molar-refractivity contribution in [2.45, 2.75) is 45.7 Å². The molecule has 106 valence electrons. The highest BCUT2D eigenvalue weighted by Gasteiger charge is 2.24. The number of nitrogens with two attached hydrogens (primary N) is 1. The van der Waals surface area contributed by atoms with Gasteiger partial charge in [0.1, 0.15) is 5.75 Å². The molecule has 0 fully saturated rings. The fraction of sp³-hybridized carbons (Fsp3) is 0.533. The highest BCUT2D eigenvalue weighted by molar-refractivity contribution is 5.77. The van der Waals surface area contributed by atoms with E-state index in [2.05, 4.69) is 0 Å². The van der Waals surface area contributed by atoms with Gasteiger partial charge in [0.25, 0.3) is 0 Å². The Morgan fingerprint density at radius 2 is 2.11 bits per heavy atom. The third-order valence-electron chi connectivity index (χ3n) is 3.09. The van der Waals surface area contributed by atoms with Crippen LogP contribution in [-0.2, 0) is 4.79 Å². The Hall–Kier alpha value is -1.55. The molecule has 0 saturated heterocycles. The van der Waals surface area contributed by atoms with E-state index in [9.17, 15) is 9.90 Å². The van der Waals surface area contributed by atoms with E-state index in [0.29, 0.717) is 13.0 Å². The van der Waals surface area contributed by atoms with Crippen LogP contribution in [0.1, 0.15) is 45.7 Å². The molecule has 0 saturated carbocycles. The second kappa shape index (κ2) is 6.06. The lowest BCUT2D eigenvalue weighted by atomic mass is 9.99. The average molecular weight is 264 g/mol. The molecule has 4 heteroatoms. The third-order valence-corrected chi connectivity index (χ3v) is 3.09.